The topological polar surface area (TPSA) is 43.1 Å². The Hall–Kier alpha value is -1.15. The van der Waals surface area contributed by atoms with Gasteiger partial charge in [0.15, 0.2) is 5.78 Å². The molecule has 80 valence electrons. The number of hydrogen-bond donors (Lipinski definition) is 1. The summed E-state index contributed by atoms with van der Waals surface area (Å²) in [6.45, 7) is 4.20. The van der Waals surface area contributed by atoms with Gasteiger partial charge in [-0.3, -0.25) is 4.79 Å². The molecule has 0 bridgehead atoms. The molecule has 0 aromatic heterocycles. The molecule has 1 saturated carbocycles. The molecule has 2 heteroatoms. The zero-order valence-corrected chi connectivity index (χ0v) is 9.29. The highest BCUT2D eigenvalue weighted by molar-refractivity contribution is 6.06. The summed E-state index contributed by atoms with van der Waals surface area (Å²) < 4.78 is 0. The van der Waals surface area contributed by atoms with Crippen molar-refractivity contribution < 1.29 is 4.79 Å². The van der Waals surface area contributed by atoms with Gasteiger partial charge in [-0.1, -0.05) is 38.1 Å². The molecule has 0 saturated heterocycles. The molecule has 1 aromatic rings. The van der Waals surface area contributed by atoms with Gasteiger partial charge in [-0.05, 0) is 24.3 Å². The van der Waals surface area contributed by atoms with E-state index in [1.54, 1.807) is 0 Å². The van der Waals surface area contributed by atoms with Gasteiger partial charge in [-0.2, -0.15) is 0 Å². The van der Waals surface area contributed by atoms with Gasteiger partial charge in [0.25, 0.3) is 0 Å². The van der Waals surface area contributed by atoms with Crippen molar-refractivity contribution in [3.05, 3.63) is 35.4 Å². The normalized spacial score (nSPS) is 17.9. The Morgan fingerprint density at radius 1 is 1.33 bits per heavy atom. The van der Waals surface area contributed by atoms with Crippen molar-refractivity contribution in [2.45, 2.75) is 38.1 Å². The zero-order valence-electron chi connectivity index (χ0n) is 9.29. The summed E-state index contributed by atoms with van der Waals surface area (Å²) in [5.74, 6) is 0.485. The van der Waals surface area contributed by atoms with E-state index >= 15 is 0 Å². The summed E-state index contributed by atoms with van der Waals surface area (Å²) in [6, 6.07) is 7.79. The molecule has 1 aromatic carbocycles. The van der Waals surface area contributed by atoms with Gasteiger partial charge in [0.05, 0.1) is 5.54 Å². The van der Waals surface area contributed by atoms with E-state index in [0.717, 1.165) is 24.0 Å². The lowest BCUT2D eigenvalue weighted by molar-refractivity contribution is 0.0948. The summed E-state index contributed by atoms with van der Waals surface area (Å²) in [6.07, 6.45) is 1.66. The smallest absolute Gasteiger partial charge is 0.182 e. The first-order valence-corrected chi connectivity index (χ1v) is 5.47. The molecule has 1 fully saturated rings. The van der Waals surface area contributed by atoms with Crippen molar-refractivity contribution in [3.63, 3.8) is 0 Å². The van der Waals surface area contributed by atoms with E-state index < -0.39 is 5.54 Å². The molecular formula is C13H17NO. The minimum atomic E-state index is -0.551. The number of Topliss-reactive ketones (excluding diaryl/α,β-unsaturated/α-hetero) is 1. The summed E-state index contributed by atoms with van der Waals surface area (Å²) in [4.78, 5) is 12.1. The van der Waals surface area contributed by atoms with Crippen LogP contribution in [0, 0.1) is 0 Å². The highest BCUT2D eigenvalue weighted by atomic mass is 16.1. The Balaban J connectivity index is 2.39. The fourth-order valence-corrected chi connectivity index (χ4v) is 1.84. The van der Waals surface area contributed by atoms with E-state index in [1.165, 1.54) is 0 Å². The van der Waals surface area contributed by atoms with Gasteiger partial charge in [-0.25, -0.2) is 0 Å². The van der Waals surface area contributed by atoms with E-state index in [-0.39, 0.29) is 5.78 Å². The van der Waals surface area contributed by atoms with Crippen molar-refractivity contribution in [2.75, 3.05) is 0 Å². The second-order valence-electron chi connectivity index (χ2n) is 4.73. The molecule has 1 aliphatic carbocycles. The molecule has 0 aliphatic heterocycles. The lowest BCUT2D eigenvalue weighted by Gasteiger charge is -2.14. The number of carbonyl (C=O) groups excluding carboxylic acids is 1. The lowest BCUT2D eigenvalue weighted by Crippen LogP contribution is -2.33. The van der Waals surface area contributed by atoms with Crippen molar-refractivity contribution in [1.29, 1.82) is 0 Å². The largest absolute Gasteiger partial charge is 0.319 e. The summed E-state index contributed by atoms with van der Waals surface area (Å²) in [7, 11) is 0. The standard InChI is InChI=1S/C13H17NO/c1-9(2)10-5-3-4-6-11(10)12(15)13(14)7-8-13/h3-6,9H,7-8,14H2,1-2H3. The van der Waals surface area contributed by atoms with Crippen LogP contribution in [0.1, 0.15) is 48.5 Å². The maximum absolute atomic E-state index is 12.1. The monoisotopic (exact) mass is 203 g/mol. The van der Waals surface area contributed by atoms with Crippen LogP contribution in [0.5, 0.6) is 0 Å². The minimum Gasteiger partial charge on any atom is -0.319 e. The van der Waals surface area contributed by atoms with E-state index in [0.29, 0.717) is 5.92 Å². The van der Waals surface area contributed by atoms with Crippen molar-refractivity contribution >= 4 is 5.78 Å². The summed E-state index contributed by atoms with van der Waals surface area (Å²) in [5.41, 5.74) is 7.31. The quantitative estimate of drug-likeness (QED) is 0.767. The second kappa shape index (κ2) is 3.46. The first kappa shape index (κ1) is 10.4. The fraction of sp³-hybridized carbons (Fsp3) is 0.462. The Kier molecular flexibility index (Phi) is 2.39. The van der Waals surface area contributed by atoms with E-state index in [2.05, 4.69) is 13.8 Å². The maximum Gasteiger partial charge on any atom is 0.182 e. The zero-order chi connectivity index (χ0) is 11.1. The highest BCUT2D eigenvalue weighted by Crippen LogP contribution is 2.37. The van der Waals surface area contributed by atoms with Gasteiger partial charge >= 0.3 is 0 Å². The fourth-order valence-electron chi connectivity index (χ4n) is 1.84. The molecule has 15 heavy (non-hydrogen) atoms. The van der Waals surface area contributed by atoms with Gasteiger partial charge in [0.2, 0.25) is 0 Å². The Bertz CT molecular complexity index is 391. The highest BCUT2D eigenvalue weighted by Gasteiger charge is 2.46. The van der Waals surface area contributed by atoms with Crippen LogP contribution in [0.4, 0.5) is 0 Å². The predicted molar refractivity (Wildman–Crippen MR) is 61.0 cm³/mol. The average molecular weight is 203 g/mol. The third-order valence-electron chi connectivity index (χ3n) is 3.07. The SMILES string of the molecule is CC(C)c1ccccc1C(=O)C1(N)CC1. The number of ketones is 1. The number of hydrogen-bond acceptors (Lipinski definition) is 2. The molecule has 0 amide bonds. The molecule has 0 spiro atoms. The average Bonchev–Trinajstić information content (AvgIpc) is 2.96. The molecule has 2 nitrogen and oxygen atoms in total. The number of carbonyl (C=O) groups is 1. The van der Waals surface area contributed by atoms with Crippen LogP contribution in [0.2, 0.25) is 0 Å². The first-order valence-electron chi connectivity index (χ1n) is 5.47. The van der Waals surface area contributed by atoms with Crippen molar-refractivity contribution in [2.24, 2.45) is 5.73 Å². The van der Waals surface area contributed by atoms with Crippen molar-refractivity contribution in [3.8, 4) is 0 Å². The molecule has 0 heterocycles. The summed E-state index contributed by atoms with van der Waals surface area (Å²) in [5, 5.41) is 0. The first-order chi connectivity index (χ1) is 7.04. The Morgan fingerprint density at radius 2 is 1.93 bits per heavy atom. The Morgan fingerprint density at radius 3 is 2.47 bits per heavy atom. The molecule has 0 atom stereocenters. The summed E-state index contributed by atoms with van der Waals surface area (Å²) >= 11 is 0. The van der Waals surface area contributed by atoms with Gasteiger partial charge in [0.1, 0.15) is 0 Å². The molecular weight excluding hydrogens is 186 g/mol. The van der Waals surface area contributed by atoms with E-state index in [4.69, 9.17) is 5.73 Å². The van der Waals surface area contributed by atoms with Crippen LogP contribution in [0.3, 0.4) is 0 Å². The third kappa shape index (κ3) is 1.82. The second-order valence-corrected chi connectivity index (χ2v) is 4.73. The van der Waals surface area contributed by atoms with Crippen LogP contribution < -0.4 is 5.73 Å². The molecule has 1 aliphatic rings. The maximum atomic E-state index is 12.1. The van der Waals surface area contributed by atoms with Gasteiger partial charge < -0.3 is 5.73 Å². The van der Waals surface area contributed by atoms with Crippen LogP contribution in [0.25, 0.3) is 0 Å². The molecule has 0 unspecified atom stereocenters. The number of nitrogens with two attached hydrogens (primary N) is 1. The van der Waals surface area contributed by atoms with Crippen LogP contribution >= 0.6 is 0 Å². The Labute approximate surface area is 90.5 Å². The van der Waals surface area contributed by atoms with Crippen LogP contribution in [-0.4, -0.2) is 11.3 Å². The van der Waals surface area contributed by atoms with Crippen LogP contribution in [0.15, 0.2) is 24.3 Å². The third-order valence-corrected chi connectivity index (χ3v) is 3.07. The lowest BCUT2D eigenvalue weighted by atomic mass is 9.91. The number of benzene rings is 1. The molecule has 2 rings (SSSR count). The minimum absolute atomic E-state index is 0.117. The molecule has 2 N–H and O–H groups in total. The van der Waals surface area contributed by atoms with E-state index in [9.17, 15) is 4.79 Å². The van der Waals surface area contributed by atoms with Crippen LogP contribution in [-0.2, 0) is 0 Å². The van der Waals surface area contributed by atoms with E-state index in [1.807, 2.05) is 24.3 Å². The molecule has 0 radical (unpaired) electrons. The van der Waals surface area contributed by atoms with Crippen molar-refractivity contribution in [1.82, 2.24) is 0 Å². The van der Waals surface area contributed by atoms with Gasteiger partial charge in [0, 0.05) is 5.56 Å². The predicted octanol–water partition coefficient (Wildman–Crippen LogP) is 2.48. The van der Waals surface area contributed by atoms with Gasteiger partial charge in [-0.15, -0.1) is 0 Å². The number of rotatable bonds is 3.